The largest absolute Gasteiger partial charge is 0.300 e. The Bertz CT molecular complexity index is 715. The van der Waals surface area contributed by atoms with Crippen LogP contribution in [0.2, 0.25) is 0 Å². The molecular formula is C15H18N4S. The lowest BCUT2D eigenvalue weighted by Crippen LogP contribution is -2.23. The fourth-order valence-corrected chi connectivity index (χ4v) is 3.26. The van der Waals surface area contributed by atoms with Crippen molar-refractivity contribution in [1.29, 1.82) is 0 Å². The van der Waals surface area contributed by atoms with Gasteiger partial charge in [-0.2, -0.15) is 0 Å². The molecule has 0 bridgehead atoms. The second kappa shape index (κ2) is 5.34. The average molecular weight is 286 g/mol. The van der Waals surface area contributed by atoms with E-state index >= 15 is 0 Å². The molecule has 3 heterocycles. The van der Waals surface area contributed by atoms with Gasteiger partial charge in [0.1, 0.15) is 0 Å². The fourth-order valence-electron chi connectivity index (χ4n) is 2.37. The van der Waals surface area contributed by atoms with E-state index in [9.17, 15) is 0 Å². The first kappa shape index (κ1) is 13.3. The van der Waals surface area contributed by atoms with Gasteiger partial charge in [0, 0.05) is 22.0 Å². The summed E-state index contributed by atoms with van der Waals surface area (Å²) in [6.07, 6.45) is 2.00. The van der Waals surface area contributed by atoms with Crippen molar-refractivity contribution in [2.24, 2.45) is 0 Å². The topological polar surface area (TPSA) is 42.2 Å². The number of thiophene rings is 1. The number of nitrogens with zero attached hydrogens (tertiary/aromatic N) is 3. The number of aromatic nitrogens is 3. The predicted octanol–water partition coefficient (Wildman–Crippen LogP) is 3.51. The Kier molecular flexibility index (Phi) is 3.54. The van der Waals surface area contributed by atoms with Gasteiger partial charge in [-0.15, -0.1) is 21.5 Å². The van der Waals surface area contributed by atoms with E-state index in [4.69, 9.17) is 0 Å². The van der Waals surface area contributed by atoms with Crippen LogP contribution in [0.1, 0.15) is 41.5 Å². The normalized spacial score (nSPS) is 14.6. The zero-order valence-electron chi connectivity index (χ0n) is 11.9. The van der Waals surface area contributed by atoms with E-state index in [-0.39, 0.29) is 6.04 Å². The summed E-state index contributed by atoms with van der Waals surface area (Å²) >= 11 is 1.83. The molecule has 20 heavy (non-hydrogen) atoms. The van der Waals surface area contributed by atoms with Crippen LogP contribution in [0.25, 0.3) is 5.65 Å². The maximum atomic E-state index is 4.30. The third-order valence-electron chi connectivity index (χ3n) is 3.42. The molecule has 2 unspecified atom stereocenters. The number of hydrogen-bond donors (Lipinski definition) is 1. The van der Waals surface area contributed by atoms with Crippen molar-refractivity contribution in [3.8, 4) is 0 Å². The van der Waals surface area contributed by atoms with Gasteiger partial charge < -0.3 is 5.32 Å². The van der Waals surface area contributed by atoms with E-state index in [2.05, 4.69) is 48.4 Å². The summed E-state index contributed by atoms with van der Waals surface area (Å²) in [5.41, 5.74) is 0.885. The zero-order chi connectivity index (χ0) is 14.1. The molecular weight excluding hydrogens is 268 g/mol. The highest BCUT2D eigenvalue weighted by molar-refractivity contribution is 7.12. The summed E-state index contributed by atoms with van der Waals surface area (Å²) < 4.78 is 2.03. The third kappa shape index (κ3) is 2.46. The van der Waals surface area contributed by atoms with Gasteiger partial charge in [0.2, 0.25) is 0 Å². The number of nitrogens with one attached hydrogen (secondary N) is 1. The molecule has 0 aliphatic rings. The molecule has 104 valence electrons. The summed E-state index contributed by atoms with van der Waals surface area (Å²) in [6, 6.07) is 10.7. The molecule has 0 aliphatic heterocycles. The minimum Gasteiger partial charge on any atom is -0.300 e. The van der Waals surface area contributed by atoms with Crippen LogP contribution in [0.4, 0.5) is 0 Å². The van der Waals surface area contributed by atoms with Crippen molar-refractivity contribution in [1.82, 2.24) is 19.9 Å². The number of pyridine rings is 1. The van der Waals surface area contributed by atoms with Crippen LogP contribution in [0.5, 0.6) is 0 Å². The van der Waals surface area contributed by atoms with Crippen molar-refractivity contribution in [3.63, 3.8) is 0 Å². The summed E-state index contributed by atoms with van der Waals surface area (Å²) in [4.78, 5) is 2.69. The van der Waals surface area contributed by atoms with Gasteiger partial charge in [-0.3, -0.25) is 4.40 Å². The fraction of sp³-hybridized carbons (Fsp3) is 0.333. The Balaban J connectivity index is 1.80. The first-order valence-corrected chi connectivity index (χ1v) is 7.59. The molecule has 0 aliphatic carbocycles. The van der Waals surface area contributed by atoms with Gasteiger partial charge in [-0.25, -0.2) is 0 Å². The van der Waals surface area contributed by atoms with Gasteiger partial charge in [0.25, 0.3) is 0 Å². The molecule has 3 aromatic heterocycles. The minimum absolute atomic E-state index is 0.143. The first-order chi connectivity index (χ1) is 9.65. The van der Waals surface area contributed by atoms with Crippen LogP contribution in [-0.2, 0) is 0 Å². The smallest absolute Gasteiger partial charge is 0.160 e. The van der Waals surface area contributed by atoms with Crippen LogP contribution in [0, 0.1) is 6.92 Å². The molecule has 5 heteroatoms. The standard InChI is InChI=1S/C15H18N4S/c1-10-7-8-13(20-10)11(2)16-12(3)15-18-17-14-6-4-5-9-19(14)15/h4-9,11-12,16H,1-3H3. The number of aryl methyl sites for hydroxylation is 1. The molecule has 2 atom stereocenters. The van der Waals surface area contributed by atoms with Gasteiger partial charge in [-0.05, 0) is 45.0 Å². The predicted molar refractivity (Wildman–Crippen MR) is 82.0 cm³/mol. The molecule has 0 saturated heterocycles. The van der Waals surface area contributed by atoms with Crippen LogP contribution >= 0.6 is 11.3 Å². The van der Waals surface area contributed by atoms with Gasteiger partial charge in [0.05, 0.1) is 6.04 Å². The maximum Gasteiger partial charge on any atom is 0.160 e. The summed E-state index contributed by atoms with van der Waals surface area (Å²) in [6.45, 7) is 6.45. The molecule has 3 rings (SSSR count). The molecule has 3 aromatic rings. The molecule has 4 nitrogen and oxygen atoms in total. The highest BCUT2D eigenvalue weighted by Gasteiger charge is 2.16. The van der Waals surface area contributed by atoms with Crippen molar-refractivity contribution in [2.45, 2.75) is 32.9 Å². The monoisotopic (exact) mass is 286 g/mol. The quantitative estimate of drug-likeness (QED) is 0.798. The van der Waals surface area contributed by atoms with Crippen molar-refractivity contribution >= 4 is 17.0 Å². The molecule has 0 radical (unpaired) electrons. The summed E-state index contributed by atoms with van der Waals surface area (Å²) in [7, 11) is 0. The lowest BCUT2D eigenvalue weighted by atomic mass is 10.2. The first-order valence-electron chi connectivity index (χ1n) is 6.77. The molecule has 0 amide bonds. The summed E-state index contributed by atoms with van der Waals surface area (Å²) in [5, 5.41) is 12.1. The number of fused-ring (bicyclic) bond motifs is 1. The Morgan fingerprint density at radius 1 is 1.10 bits per heavy atom. The van der Waals surface area contributed by atoms with Crippen molar-refractivity contribution < 1.29 is 0 Å². The van der Waals surface area contributed by atoms with Crippen LogP contribution in [0.15, 0.2) is 36.5 Å². The third-order valence-corrected chi connectivity index (χ3v) is 4.60. The highest BCUT2D eigenvalue weighted by Crippen LogP contribution is 2.24. The van der Waals surface area contributed by atoms with Crippen LogP contribution < -0.4 is 5.32 Å². The zero-order valence-corrected chi connectivity index (χ0v) is 12.7. The van der Waals surface area contributed by atoms with Crippen LogP contribution in [-0.4, -0.2) is 14.6 Å². The molecule has 0 fully saturated rings. The van der Waals surface area contributed by atoms with E-state index in [1.54, 1.807) is 0 Å². The van der Waals surface area contributed by atoms with Crippen molar-refractivity contribution in [2.75, 3.05) is 0 Å². The molecule has 0 saturated carbocycles. The van der Waals surface area contributed by atoms with E-state index in [0.29, 0.717) is 6.04 Å². The Labute approximate surface area is 122 Å². The SMILES string of the molecule is Cc1ccc(C(C)NC(C)c2nnc3ccccn23)s1. The van der Waals surface area contributed by atoms with E-state index in [1.807, 2.05) is 40.1 Å². The number of hydrogen-bond acceptors (Lipinski definition) is 4. The Morgan fingerprint density at radius 2 is 1.95 bits per heavy atom. The second-order valence-corrected chi connectivity index (χ2v) is 6.36. The Hall–Kier alpha value is -1.72. The molecule has 0 aromatic carbocycles. The lowest BCUT2D eigenvalue weighted by molar-refractivity contribution is 0.478. The van der Waals surface area contributed by atoms with E-state index < -0.39 is 0 Å². The van der Waals surface area contributed by atoms with Crippen molar-refractivity contribution in [3.05, 3.63) is 52.1 Å². The van der Waals surface area contributed by atoms with E-state index in [1.165, 1.54) is 9.75 Å². The van der Waals surface area contributed by atoms with Gasteiger partial charge in [0.15, 0.2) is 11.5 Å². The lowest BCUT2D eigenvalue weighted by Gasteiger charge is -2.17. The van der Waals surface area contributed by atoms with E-state index in [0.717, 1.165) is 11.5 Å². The maximum absolute atomic E-state index is 4.30. The Morgan fingerprint density at radius 3 is 2.70 bits per heavy atom. The van der Waals surface area contributed by atoms with Gasteiger partial charge in [-0.1, -0.05) is 6.07 Å². The second-order valence-electron chi connectivity index (χ2n) is 5.05. The average Bonchev–Trinajstić information content (AvgIpc) is 3.04. The number of rotatable bonds is 4. The molecule has 1 N–H and O–H groups in total. The highest BCUT2D eigenvalue weighted by atomic mass is 32.1. The molecule has 0 spiro atoms. The summed E-state index contributed by atoms with van der Waals surface area (Å²) in [5.74, 6) is 0.945. The van der Waals surface area contributed by atoms with Crippen LogP contribution in [0.3, 0.4) is 0 Å². The minimum atomic E-state index is 0.143. The van der Waals surface area contributed by atoms with Gasteiger partial charge >= 0.3 is 0 Å².